The Kier molecular flexibility index (Phi) is 5.53. The highest BCUT2D eigenvalue weighted by Crippen LogP contribution is 2.17. The Morgan fingerprint density at radius 2 is 1.97 bits per heavy atom. The molecule has 0 spiro atoms. The first-order valence-corrected chi connectivity index (χ1v) is 9.66. The molecule has 0 atom stereocenters. The van der Waals surface area contributed by atoms with Gasteiger partial charge in [-0.05, 0) is 30.3 Å². The molecule has 0 bridgehead atoms. The number of benzene rings is 1. The Bertz CT molecular complexity index is 1080. The van der Waals surface area contributed by atoms with Gasteiger partial charge in [0.1, 0.15) is 18.1 Å². The largest absolute Gasteiger partial charge is 0.489 e. The summed E-state index contributed by atoms with van der Waals surface area (Å²) in [6.45, 7) is 2.13. The summed E-state index contributed by atoms with van der Waals surface area (Å²) in [5, 5.41) is 0. The van der Waals surface area contributed by atoms with Gasteiger partial charge in [-0.25, -0.2) is 4.98 Å². The van der Waals surface area contributed by atoms with Crippen molar-refractivity contribution in [2.24, 2.45) is 0 Å². The molecule has 4 rings (SSSR count). The van der Waals surface area contributed by atoms with Crippen LogP contribution in [0.4, 0.5) is 0 Å². The Morgan fingerprint density at radius 1 is 1.14 bits per heavy atom. The van der Waals surface area contributed by atoms with Crippen LogP contribution in [-0.4, -0.2) is 33.8 Å². The van der Waals surface area contributed by atoms with Crippen molar-refractivity contribution in [3.63, 3.8) is 0 Å². The highest BCUT2D eigenvalue weighted by molar-refractivity contribution is 5.94. The van der Waals surface area contributed by atoms with E-state index < -0.39 is 0 Å². The molecule has 3 aromatic rings. The van der Waals surface area contributed by atoms with Crippen LogP contribution < -0.4 is 10.3 Å². The van der Waals surface area contributed by atoms with Gasteiger partial charge in [0.05, 0.1) is 6.54 Å². The number of hydrogen-bond acceptors (Lipinski definition) is 5. The number of rotatable bonds is 6. The molecular weight excluding hydrogens is 366 g/mol. The van der Waals surface area contributed by atoms with Gasteiger partial charge in [0.15, 0.2) is 0 Å². The van der Waals surface area contributed by atoms with Gasteiger partial charge < -0.3 is 14.2 Å². The van der Waals surface area contributed by atoms with Crippen LogP contribution >= 0.6 is 0 Å². The van der Waals surface area contributed by atoms with Crippen molar-refractivity contribution in [1.82, 2.24) is 14.5 Å². The second-order valence-corrected chi connectivity index (χ2v) is 7.32. The zero-order valence-corrected chi connectivity index (χ0v) is 16.4. The summed E-state index contributed by atoms with van der Waals surface area (Å²) in [6.07, 6.45) is 2.42. The first-order valence-electron chi connectivity index (χ1n) is 9.66. The average molecular weight is 389 g/mol. The van der Waals surface area contributed by atoms with E-state index in [9.17, 15) is 9.59 Å². The fraction of sp³-hybridized carbons (Fsp3) is 0.261. The maximum absolute atomic E-state index is 12.6. The predicted molar refractivity (Wildman–Crippen MR) is 110 cm³/mol. The minimum Gasteiger partial charge on any atom is -0.489 e. The molecule has 2 aromatic heterocycles. The number of nitrogens with zero attached hydrogens (tertiary/aromatic N) is 3. The molecule has 0 amide bonds. The summed E-state index contributed by atoms with van der Waals surface area (Å²) in [4.78, 5) is 31.8. The Morgan fingerprint density at radius 3 is 2.76 bits per heavy atom. The van der Waals surface area contributed by atoms with E-state index in [2.05, 4.69) is 16.9 Å². The van der Waals surface area contributed by atoms with Gasteiger partial charge in [0.25, 0.3) is 5.56 Å². The molecule has 1 aliphatic heterocycles. The molecular formula is C23H23N3O3. The maximum atomic E-state index is 12.6. The number of ether oxygens (including phenoxy) is 1. The first-order chi connectivity index (χ1) is 14.1. The third kappa shape index (κ3) is 4.60. The van der Waals surface area contributed by atoms with Crippen LogP contribution in [-0.2, 0) is 26.1 Å². The zero-order valence-electron chi connectivity index (χ0n) is 16.4. The molecule has 0 radical (unpaired) electrons. The van der Waals surface area contributed by atoms with Gasteiger partial charge in [0.2, 0.25) is 5.78 Å². The van der Waals surface area contributed by atoms with Gasteiger partial charge >= 0.3 is 0 Å². The maximum Gasteiger partial charge on any atom is 0.254 e. The molecule has 3 heterocycles. The normalized spacial score (nSPS) is 13.7. The highest BCUT2D eigenvalue weighted by Gasteiger charge is 2.17. The summed E-state index contributed by atoms with van der Waals surface area (Å²) >= 11 is 0. The lowest BCUT2D eigenvalue weighted by molar-refractivity contribution is 0.0965. The summed E-state index contributed by atoms with van der Waals surface area (Å²) in [5.74, 6) is 0.311. The second kappa shape index (κ2) is 8.41. The number of aromatic nitrogens is 2. The van der Waals surface area contributed by atoms with Crippen LogP contribution in [0.25, 0.3) is 0 Å². The summed E-state index contributed by atoms with van der Waals surface area (Å²) in [6, 6.07) is 16.6. The smallest absolute Gasteiger partial charge is 0.254 e. The van der Waals surface area contributed by atoms with E-state index in [4.69, 9.17) is 4.74 Å². The molecule has 0 N–H and O–H groups in total. The third-order valence-corrected chi connectivity index (χ3v) is 5.05. The minimum atomic E-state index is -0.275. The molecule has 0 saturated carbocycles. The standard InChI is InChI=1S/C23H23N3O3/c1-25-11-10-20-18(14-25)7-8-21(24-20)22(27)15-26-12-9-19(13-23(26)28)29-16-17-5-3-2-4-6-17/h2-9,12-13H,10-11,14-16H2,1H3. The molecule has 0 saturated heterocycles. The van der Waals surface area contributed by atoms with E-state index in [0.29, 0.717) is 18.1 Å². The van der Waals surface area contributed by atoms with E-state index >= 15 is 0 Å². The molecule has 1 aromatic carbocycles. The number of ketones is 1. The van der Waals surface area contributed by atoms with Crippen molar-refractivity contribution in [2.75, 3.05) is 13.6 Å². The molecule has 148 valence electrons. The summed E-state index contributed by atoms with van der Waals surface area (Å²) in [7, 11) is 2.07. The quantitative estimate of drug-likeness (QED) is 0.607. The van der Waals surface area contributed by atoms with Crippen LogP contribution in [0.1, 0.15) is 27.3 Å². The molecule has 1 aliphatic rings. The second-order valence-electron chi connectivity index (χ2n) is 7.32. The van der Waals surface area contributed by atoms with Crippen LogP contribution in [0.3, 0.4) is 0 Å². The number of Topliss-reactive ketones (excluding diaryl/α,β-unsaturated/α-hetero) is 1. The molecule has 0 fully saturated rings. The monoisotopic (exact) mass is 389 g/mol. The number of carbonyl (C=O) groups is 1. The minimum absolute atomic E-state index is 0.0382. The molecule has 0 unspecified atom stereocenters. The Balaban J connectivity index is 1.43. The average Bonchev–Trinajstić information content (AvgIpc) is 2.74. The van der Waals surface area contributed by atoms with Gasteiger partial charge in [-0.15, -0.1) is 0 Å². The number of likely N-dealkylation sites (N-methyl/N-ethyl adjacent to an activating group) is 1. The van der Waals surface area contributed by atoms with Crippen molar-refractivity contribution in [2.45, 2.75) is 26.1 Å². The van der Waals surface area contributed by atoms with Crippen molar-refractivity contribution >= 4 is 5.78 Å². The van der Waals surface area contributed by atoms with Gasteiger partial charge in [-0.2, -0.15) is 0 Å². The van der Waals surface area contributed by atoms with Crippen LogP contribution in [0.15, 0.2) is 65.6 Å². The predicted octanol–water partition coefficient (Wildman–Crippen LogP) is 2.69. The van der Waals surface area contributed by atoms with E-state index in [1.165, 1.54) is 10.6 Å². The number of pyridine rings is 2. The van der Waals surface area contributed by atoms with E-state index in [0.717, 1.165) is 36.3 Å². The number of fused-ring (bicyclic) bond motifs is 1. The SMILES string of the molecule is CN1CCc2nc(C(=O)Cn3ccc(OCc4ccccc4)cc3=O)ccc2C1. The Labute approximate surface area is 169 Å². The first kappa shape index (κ1) is 19.1. The third-order valence-electron chi connectivity index (χ3n) is 5.05. The van der Waals surface area contributed by atoms with Crippen molar-refractivity contribution in [3.05, 3.63) is 93.7 Å². The highest BCUT2D eigenvalue weighted by atomic mass is 16.5. The van der Waals surface area contributed by atoms with Crippen molar-refractivity contribution in [3.8, 4) is 5.75 Å². The fourth-order valence-electron chi connectivity index (χ4n) is 3.40. The Hall–Kier alpha value is -3.25. The number of hydrogen-bond donors (Lipinski definition) is 0. The van der Waals surface area contributed by atoms with Crippen molar-refractivity contribution < 1.29 is 9.53 Å². The summed E-state index contributed by atoms with van der Waals surface area (Å²) in [5.41, 5.74) is 3.29. The fourth-order valence-corrected chi connectivity index (χ4v) is 3.40. The van der Waals surface area contributed by atoms with E-state index in [1.54, 1.807) is 18.3 Å². The number of carbonyl (C=O) groups excluding carboxylic acids is 1. The molecule has 6 heteroatoms. The molecule has 6 nitrogen and oxygen atoms in total. The molecule has 0 aliphatic carbocycles. The molecule has 29 heavy (non-hydrogen) atoms. The zero-order chi connectivity index (χ0) is 20.2. The van der Waals surface area contributed by atoms with E-state index in [1.807, 2.05) is 36.4 Å². The topological polar surface area (TPSA) is 64.4 Å². The lowest BCUT2D eigenvalue weighted by Crippen LogP contribution is -2.28. The van der Waals surface area contributed by atoms with Gasteiger partial charge in [-0.1, -0.05) is 36.4 Å². The van der Waals surface area contributed by atoms with Crippen LogP contribution in [0.2, 0.25) is 0 Å². The van der Waals surface area contributed by atoms with E-state index in [-0.39, 0.29) is 17.9 Å². The lowest BCUT2D eigenvalue weighted by Gasteiger charge is -2.24. The summed E-state index contributed by atoms with van der Waals surface area (Å²) < 4.78 is 7.06. The van der Waals surface area contributed by atoms with Crippen LogP contribution in [0.5, 0.6) is 5.75 Å². The van der Waals surface area contributed by atoms with Crippen LogP contribution in [0, 0.1) is 0 Å². The van der Waals surface area contributed by atoms with Gasteiger partial charge in [-0.3, -0.25) is 9.59 Å². The van der Waals surface area contributed by atoms with Gasteiger partial charge in [0, 0.05) is 37.5 Å². The van der Waals surface area contributed by atoms with Crippen molar-refractivity contribution in [1.29, 1.82) is 0 Å². The lowest BCUT2D eigenvalue weighted by atomic mass is 10.0.